The fourth-order valence-electron chi connectivity index (χ4n) is 4.50. The van der Waals surface area contributed by atoms with E-state index in [0.29, 0.717) is 5.92 Å². The minimum absolute atomic E-state index is 0.417. The van der Waals surface area contributed by atoms with E-state index in [-0.39, 0.29) is 0 Å². The van der Waals surface area contributed by atoms with E-state index in [9.17, 15) is 0 Å². The number of piperidine rings is 1. The number of hydrogen-bond donors (Lipinski definition) is 1. The standard InChI is InChI=1S/C24H22Cl2N2O/c25-19-6-3-7-20(26)23(19)16-10-12-28(13-11-16)15-18-17-5-1-2-8-21(17)27-24(18)22-9-4-14-29-22/h1-9,14,16,27H,10-13,15H2. The molecule has 3 heterocycles. The third-order valence-corrected chi connectivity index (χ3v) is 6.62. The molecule has 4 aromatic rings. The van der Waals surface area contributed by atoms with Crippen LogP contribution in [0.5, 0.6) is 0 Å². The number of H-pyrrole nitrogens is 1. The van der Waals surface area contributed by atoms with Crippen LogP contribution < -0.4 is 0 Å². The summed E-state index contributed by atoms with van der Waals surface area (Å²) in [5.41, 5.74) is 4.63. The van der Waals surface area contributed by atoms with Crippen LogP contribution in [-0.4, -0.2) is 23.0 Å². The first-order valence-electron chi connectivity index (χ1n) is 10.0. The van der Waals surface area contributed by atoms with Gasteiger partial charge in [0.1, 0.15) is 5.76 Å². The van der Waals surface area contributed by atoms with Crippen LogP contribution in [0, 0.1) is 0 Å². The zero-order valence-corrected chi connectivity index (χ0v) is 17.5. The van der Waals surface area contributed by atoms with E-state index < -0.39 is 0 Å². The number of likely N-dealkylation sites (tertiary alicyclic amines) is 1. The number of benzene rings is 2. The smallest absolute Gasteiger partial charge is 0.150 e. The Labute approximate surface area is 180 Å². The average molecular weight is 425 g/mol. The van der Waals surface area contributed by atoms with Crippen molar-refractivity contribution in [2.45, 2.75) is 25.3 Å². The lowest BCUT2D eigenvalue weighted by atomic mass is 9.89. The second kappa shape index (κ2) is 7.91. The summed E-state index contributed by atoms with van der Waals surface area (Å²) in [7, 11) is 0. The fourth-order valence-corrected chi connectivity index (χ4v) is 5.21. The molecule has 0 atom stereocenters. The summed E-state index contributed by atoms with van der Waals surface area (Å²) in [6.07, 6.45) is 3.84. The van der Waals surface area contributed by atoms with Gasteiger partial charge in [-0.05, 0) is 67.7 Å². The Balaban J connectivity index is 1.38. The first kappa shape index (κ1) is 18.8. The van der Waals surface area contributed by atoms with Gasteiger partial charge in [0.15, 0.2) is 0 Å². The Morgan fingerprint density at radius 1 is 0.931 bits per heavy atom. The van der Waals surface area contributed by atoms with Gasteiger partial charge in [-0.2, -0.15) is 0 Å². The molecule has 3 nitrogen and oxygen atoms in total. The predicted molar refractivity (Wildman–Crippen MR) is 120 cm³/mol. The van der Waals surface area contributed by atoms with Crippen LogP contribution in [0.3, 0.4) is 0 Å². The first-order chi connectivity index (χ1) is 14.2. The molecule has 1 fully saturated rings. The SMILES string of the molecule is Clc1cccc(Cl)c1C1CCN(Cc2c(-c3ccco3)[nH]c3ccccc23)CC1. The molecule has 0 amide bonds. The number of nitrogens with zero attached hydrogens (tertiary/aromatic N) is 1. The van der Waals surface area contributed by atoms with Crippen molar-refractivity contribution < 1.29 is 4.42 Å². The number of nitrogens with one attached hydrogen (secondary N) is 1. The molecular weight excluding hydrogens is 403 g/mol. The summed E-state index contributed by atoms with van der Waals surface area (Å²) in [5, 5.41) is 2.83. The molecular formula is C24H22Cl2N2O. The van der Waals surface area contributed by atoms with Gasteiger partial charge in [-0.1, -0.05) is 47.5 Å². The van der Waals surface area contributed by atoms with Crippen LogP contribution in [0.15, 0.2) is 65.3 Å². The Morgan fingerprint density at radius 2 is 1.69 bits per heavy atom. The number of hydrogen-bond acceptors (Lipinski definition) is 2. The Kier molecular flexibility index (Phi) is 5.13. The van der Waals surface area contributed by atoms with Crippen LogP contribution in [0.2, 0.25) is 10.0 Å². The van der Waals surface area contributed by atoms with Crippen LogP contribution >= 0.6 is 23.2 Å². The zero-order valence-electron chi connectivity index (χ0n) is 16.0. The minimum atomic E-state index is 0.417. The van der Waals surface area contributed by atoms with Crippen LogP contribution in [-0.2, 0) is 6.54 Å². The minimum Gasteiger partial charge on any atom is -0.463 e. The molecule has 2 aromatic heterocycles. The first-order valence-corrected chi connectivity index (χ1v) is 10.8. The summed E-state index contributed by atoms with van der Waals surface area (Å²) in [5.74, 6) is 1.30. The normalized spacial score (nSPS) is 15.9. The maximum Gasteiger partial charge on any atom is 0.150 e. The number of aromatic amines is 1. The molecule has 1 N–H and O–H groups in total. The van der Waals surface area contributed by atoms with Crippen molar-refractivity contribution in [3.05, 3.63) is 82.0 Å². The molecule has 29 heavy (non-hydrogen) atoms. The number of rotatable bonds is 4. The molecule has 0 bridgehead atoms. The maximum absolute atomic E-state index is 6.44. The van der Waals surface area contributed by atoms with E-state index in [4.69, 9.17) is 27.6 Å². The highest BCUT2D eigenvalue weighted by molar-refractivity contribution is 6.36. The van der Waals surface area contributed by atoms with Crippen LogP contribution in [0.4, 0.5) is 0 Å². The van der Waals surface area contributed by atoms with Crippen molar-refractivity contribution >= 4 is 34.1 Å². The molecule has 1 aliphatic heterocycles. The molecule has 0 unspecified atom stereocenters. The summed E-state index contributed by atoms with van der Waals surface area (Å²) in [4.78, 5) is 6.07. The molecule has 0 radical (unpaired) electrons. The van der Waals surface area contributed by atoms with E-state index in [0.717, 1.165) is 65.1 Å². The molecule has 148 valence electrons. The van der Waals surface area contributed by atoms with Crippen LogP contribution in [0.25, 0.3) is 22.4 Å². The topological polar surface area (TPSA) is 32.2 Å². The highest BCUT2D eigenvalue weighted by atomic mass is 35.5. The van der Waals surface area contributed by atoms with E-state index in [1.165, 1.54) is 10.9 Å². The molecule has 1 saturated heterocycles. The van der Waals surface area contributed by atoms with Gasteiger partial charge in [0.05, 0.1) is 12.0 Å². The molecule has 5 heteroatoms. The van der Waals surface area contributed by atoms with Crippen molar-refractivity contribution in [1.82, 2.24) is 9.88 Å². The lowest BCUT2D eigenvalue weighted by molar-refractivity contribution is 0.205. The number of fused-ring (bicyclic) bond motifs is 1. The molecule has 1 aliphatic rings. The summed E-state index contributed by atoms with van der Waals surface area (Å²) in [6.45, 7) is 2.93. The Bertz CT molecular complexity index is 1100. The zero-order chi connectivity index (χ0) is 19.8. The predicted octanol–water partition coefficient (Wildman–Crippen LogP) is 7.11. The van der Waals surface area contributed by atoms with E-state index >= 15 is 0 Å². The summed E-state index contributed by atoms with van der Waals surface area (Å²) < 4.78 is 5.70. The van der Waals surface area contributed by atoms with Crippen molar-refractivity contribution in [2.75, 3.05) is 13.1 Å². The largest absolute Gasteiger partial charge is 0.463 e. The van der Waals surface area contributed by atoms with Crippen molar-refractivity contribution in [1.29, 1.82) is 0 Å². The highest BCUT2D eigenvalue weighted by Crippen LogP contribution is 2.38. The van der Waals surface area contributed by atoms with Gasteiger partial charge >= 0.3 is 0 Å². The molecule has 0 aliphatic carbocycles. The lowest BCUT2D eigenvalue weighted by Crippen LogP contribution is -2.32. The number of furan rings is 1. The van der Waals surface area contributed by atoms with Gasteiger partial charge < -0.3 is 9.40 Å². The lowest BCUT2D eigenvalue weighted by Gasteiger charge is -2.33. The van der Waals surface area contributed by atoms with E-state index in [1.54, 1.807) is 6.26 Å². The van der Waals surface area contributed by atoms with E-state index in [1.807, 2.05) is 30.3 Å². The van der Waals surface area contributed by atoms with Gasteiger partial charge in [-0.25, -0.2) is 0 Å². The van der Waals surface area contributed by atoms with Gasteiger partial charge in [0.25, 0.3) is 0 Å². The quantitative estimate of drug-likeness (QED) is 0.378. The van der Waals surface area contributed by atoms with Gasteiger partial charge in [-0.3, -0.25) is 4.90 Å². The highest BCUT2D eigenvalue weighted by Gasteiger charge is 2.26. The van der Waals surface area contributed by atoms with Crippen molar-refractivity contribution in [3.63, 3.8) is 0 Å². The second-order valence-electron chi connectivity index (χ2n) is 7.69. The van der Waals surface area contributed by atoms with Gasteiger partial charge in [0, 0.05) is 33.1 Å². The molecule has 0 spiro atoms. The summed E-state index contributed by atoms with van der Waals surface area (Å²) >= 11 is 12.9. The molecule has 2 aromatic carbocycles. The molecule has 5 rings (SSSR count). The van der Waals surface area contributed by atoms with Crippen molar-refractivity contribution in [2.24, 2.45) is 0 Å². The fraction of sp³-hybridized carbons (Fsp3) is 0.250. The van der Waals surface area contributed by atoms with E-state index in [2.05, 4.69) is 34.1 Å². The number of para-hydroxylation sites is 1. The number of halogens is 2. The second-order valence-corrected chi connectivity index (χ2v) is 8.50. The maximum atomic E-state index is 6.44. The third kappa shape index (κ3) is 3.59. The summed E-state index contributed by atoms with van der Waals surface area (Å²) in [6, 6.07) is 18.2. The number of aromatic nitrogens is 1. The Hall–Kier alpha value is -2.20. The van der Waals surface area contributed by atoms with Gasteiger partial charge in [-0.15, -0.1) is 0 Å². The molecule has 0 saturated carbocycles. The van der Waals surface area contributed by atoms with Gasteiger partial charge in [0.2, 0.25) is 0 Å². The Morgan fingerprint density at radius 3 is 2.41 bits per heavy atom. The van der Waals surface area contributed by atoms with Crippen LogP contribution in [0.1, 0.15) is 29.9 Å². The van der Waals surface area contributed by atoms with Crippen molar-refractivity contribution in [3.8, 4) is 11.5 Å². The third-order valence-electron chi connectivity index (χ3n) is 5.96. The monoisotopic (exact) mass is 424 g/mol. The average Bonchev–Trinajstić information content (AvgIpc) is 3.37.